The summed E-state index contributed by atoms with van der Waals surface area (Å²) in [4.78, 5) is 14.3. The van der Waals surface area contributed by atoms with Crippen LogP contribution in [0.15, 0.2) is 48.4 Å². The molecule has 4 heterocycles. The zero-order valence-electron chi connectivity index (χ0n) is 13.8. The normalized spacial score (nSPS) is 11.2. The minimum absolute atomic E-state index is 0.395. The zero-order chi connectivity index (χ0) is 17.2. The molecule has 1 N–H and O–H groups in total. The Morgan fingerprint density at radius 1 is 1.00 bits per heavy atom. The first-order valence-electron chi connectivity index (χ1n) is 7.94. The lowest BCUT2D eigenvalue weighted by molar-refractivity contribution is 0.843. The molecule has 0 amide bonds. The molecule has 0 radical (unpaired) electrons. The van der Waals surface area contributed by atoms with E-state index in [-0.39, 0.29) is 0 Å². The van der Waals surface area contributed by atoms with E-state index >= 15 is 0 Å². The number of hydrogen-bond donors (Lipinski definition) is 1. The molecule has 0 unspecified atom stereocenters. The van der Waals surface area contributed by atoms with Gasteiger partial charge >= 0.3 is 0 Å². The van der Waals surface area contributed by atoms with E-state index in [1.165, 1.54) is 0 Å². The Kier molecular flexibility index (Phi) is 4.07. The van der Waals surface area contributed by atoms with Crippen LogP contribution in [0.25, 0.3) is 21.5 Å². The molecule has 4 rings (SSSR count). The lowest BCUT2D eigenvalue weighted by Crippen LogP contribution is -2.00. The van der Waals surface area contributed by atoms with Gasteiger partial charge in [-0.1, -0.05) is 13.8 Å². The number of nitrogens with zero attached hydrogens (tertiary/aromatic N) is 5. The van der Waals surface area contributed by atoms with Crippen molar-refractivity contribution in [1.82, 2.24) is 25.1 Å². The maximum absolute atomic E-state index is 4.66. The molecule has 0 saturated heterocycles. The van der Waals surface area contributed by atoms with E-state index in [9.17, 15) is 0 Å². The molecule has 124 valence electrons. The van der Waals surface area contributed by atoms with Crippen molar-refractivity contribution in [2.45, 2.75) is 19.8 Å². The van der Waals surface area contributed by atoms with Crippen LogP contribution in [0.2, 0.25) is 0 Å². The summed E-state index contributed by atoms with van der Waals surface area (Å²) in [7, 11) is 0. The highest BCUT2D eigenvalue weighted by Crippen LogP contribution is 2.26. The summed E-state index contributed by atoms with van der Waals surface area (Å²) in [5.74, 6) is 1.79. The van der Waals surface area contributed by atoms with Gasteiger partial charge in [0.2, 0.25) is 0 Å². The van der Waals surface area contributed by atoms with Gasteiger partial charge in [-0.25, -0.2) is 4.98 Å². The monoisotopic (exact) mass is 348 g/mol. The van der Waals surface area contributed by atoms with Crippen LogP contribution in [0.3, 0.4) is 0 Å². The van der Waals surface area contributed by atoms with Crippen molar-refractivity contribution in [1.29, 1.82) is 0 Å². The second kappa shape index (κ2) is 6.52. The Bertz CT molecular complexity index is 1010. The standard InChI is InChI=1S/C18H16N6S/c1-11(2)12-6-18(24-21-8-12)23-17-4-3-14-15(22-17)5-13(7-20-14)16-9-19-10-25-16/h3-11H,1-2H3,(H,22,23,24). The van der Waals surface area contributed by atoms with Gasteiger partial charge in [0.25, 0.3) is 0 Å². The minimum Gasteiger partial charge on any atom is -0.323 e. The van der Waals surface area contributed by atoms with Gasteiger partial charge in [-0.15, -0.1) is 16.4 Å². The molecular formula is C18H16N6S. The van der Waals surface area contributed by atoms with Crippen molar-refractivity contribution >= 4 is 34.0 Å². The average Bonchev–Trinajstić information content (AvgIpc) is 3.16. The van der Waals surface area contributed by atoms with Crippen molar-refractivity contribution < 1.29 is 0 Å². The van der Waals surface area contributed by atoms with E-state index in [2.05, 4.69) is 44.3 Å². The van der Waals surface area contributed by atoms with Gasteiger partial charge in [0.1, 0.15) is 5.82 Å². The predicted octanol–water partition coefficient (Wildman–Crippen LogP) is 4.41. The van der Waals surface area contributed by atoms with E-state index in [1.807, 2.05) is 42.2 Å². The molecule has 0 fully saturated rings. The quantitative estimate of drug-likeness (QED) is 0.589. The molecule has 4 aromatic heterocycles. The average molecular weight is 348 g/mol. The number of pyridine rings is 2. The van der Waals surface area contributed by atoms with E-state index < -0.39 is 0 Å². The lowest BCUT2D eigenvalue weighted by atomic mass is 10.1. The second-order valence-electron chi connectivity index (χ2n) is 5.98. The molecule has 0 aliphatic rings. The second-order valence-corrected chi connectivity index (χ2v) is 6.86. The van der Waals surface area contributed by atoms with Crippen LogP contribution in [-0.2, 0) is 0 Å². The van der Waals surface area contributed by atoms with E-state index in [4.69, 9.17) is 0 Å². The minimum atomic E-state index is 0.395. The number of fused-ring (bicyclic) bond motifs is 1. The number of anilines is 2. The molecule has 7 heteroatoms. The van der Waals surface area contributed by atoms with E-state index in [0.717, 1.165) is 27.0 Å². The van der Waals surface area contributed by atoms with Crippen molar-refractivity contribution in [2.75, 3.05) is 5.32 Å². The molecule has 0 bridgehead atoms. The maximum Gasteiger partial charge on any atom is 0.154 e. The van der Waals surface area contributed by atoms with Crippen molar-refractivity contribution in [3.05, 3.63) is 53.9 Å². The van der Waals surface area contributed by atoms with Gasteiger partial charge < -0.3 is 5.32 Å². The highest BCUT2D eigenvalue weighted by atomic mass is 32.1. The van der Waals surface area contributed by atoms with Gasteiger partial charge in [0, 0.05) is 18.0 Å². The zero-order valence-corrected chi connectivity index (χ0v) is 14.7. The smallest absolute Gasteiger partial charge is 0.154 e. The van der Waals surface area contributed by atoms with Gasteiger partial charge in [-0.2, -0.15) is 5.10 Å². The molecule has 0 saturated carbocycles. The molecule has 4 aromatic rings. The Morgan fingerprint density at radius 2 is 1.92 bits per heavy atom. The summed E-state index contributed by atoms with van der Waals surface area (Å²) in [6, 6.07) is 7.86. The highest BCUT2D eigenvalue weighted by molar-refractivity contribution is 7.13. The number of nitrogens with one attached hydrogen (secondary N) is 1. The number of hydrogen-bond acceptors (Lipinski definition) is 7. The fourth-order valence-electron chi connectivity index (χ4n) is 2.46. The van der Waals surface area contributed by atoms with Crippen LogP contribution in [-0.4, -0.2) is 25.1 Å². The molecule has 0 spiro atoms. The fraction of sp³-hybridized carbons (Fsp3) is 0.167. The Morgan fingerprint density at radius 3 is 2.72 bits per heavy atom. The predicted molar refractivity (Wildman–Crippen MR) is 100 cm³/mol. The fourth-order valence-corrected chi connectivity index (χ4v) is 3.06. The summed E-state index contributed by atoms with van der Waals surface area (Å²) >= 11 is 1.58. The van der Waals surface area contributed by atoms with Crippen LogP contribution in [0.1, 0.15) is 25.3 Å². The largest absolute Gasteiger partial charge is 0.323 e. The maximum atomic E-state index is 4.66. The molecule has 0 aromatic carbocycles. The molecule has 25 heavy (non-hydrogen) atoms. The van der Waals surface area contributed by atoms with Crippen LogP contribution in [0.4, 0.5) is 11.6 Å². The van der Waals surface area contributed by atoms with Crippen molar-refractivity contribution in [2.24, 2.45) is 0 Å². The third-order valence-corrected chi connectivity index (χ3v) is 4.67. The van der Waals surface area contributed by atoms with Gasteiger partial charge in [-0.05, 0) is 35.7 Å². The Balaban J connectivity index is 1.67. The van der Waals surface area contributed by atoms with Crippen LogP contribution >= 0.6 is 11.3 Å². The Labute approximate surface area is 149 Å². The molecule has 6 nitrogen and oxygen atoms in total. The van der Waals surface area contributed by atoms with Gasteiger partial charge in [0.15, 0.2) is 5.82 Å². The first kappa shape index (κ1) is 15.6. The number of rotatable bonds is 4. The SMILES string of the molecule is CC(C)c1cnnc(Nc2ccc3ncc(-c4cncs4)cc3n2)c1. The van der Waals surface area contributed by atoms with Crippen molar-refractivity contribution in [3.8, 4) is 10.4 Å². The van der Waals surface area contributed by atoms with E-state index in [1.54, 1.807) is 17.5 Å². The molecular weight excluding hydrogens is 332 g/mol. The summed E-state index contributed by atoms with van der Waals surface area (Å²) in [5, 5.41) is 11.4. The van der Waals surface area contributed by atoms with Crippen LogP contribution in [0, 0.1) is 0 Å². The summed E-state index contributed by atoms with van der Waals surface area (Å²) in [6.07, 6.45) is 5.47. The topological polar surface area (TPSA) is 76.5 Å². The van der Waals surface area contributed by atoms with Crippen LogP contribution in [0.5, 0.6) is 0 Å². The summed E-state index contributed by atoms with van der Waals surface area (Å²) in [5.41, 5.74) is 5.63. The van der Waals surface area contributed by atoms with Crippen LogP contribution < -0.4 is 5.32 Å². The molecule has 0 aliphatic heterocycles. The highest BCUT2D eigenvalue weighted by Gasteiger charge is 2.07. The van der Waals surface area contributed by atoms with Gasteiger partial charge in [0.05, 0.1) is 27.6 Å². The summed E-state index contributed by atoms with van der Waals surface area (Å²) < 4.78 is 0. The third kappa shape index (κ3) is 3.32. The lowest BCUT2D eigenvalue weighted by Gasteiger charge is -2.08. The van der Waals surface area contributed by atoms with Gasteiger partial charge in [-0.3, -0.25) is 9.97 Å². The first-order valence-corrected chi connectivity index (χ1v) is 8.82. The third-order valence-electron chi connectivity index (χ3n) is 3.85. The Hall–Kier alpha value is -2.93. The number of aromatic nitrogens is 5. The number of thiazole rings is 1. The van der Waals surface area contributed by atoms with Crippen molar-refractivity contribution in [3.63, 3.8) is 0 Å². The summed E-state index contributed by atoms with van der Waals surface area (Å²) in [6.45, 7) is 4.25. The van der Waals surface area contributed by atoms with E-state index in [0.29, 0.717) is 17.6 Å². The molecule has 0 atom stereocenters. The first-order chi connectivity index (χ1) is 12.2. The molecule has 0 aliphatic carbocycles.